The van der Waals surface area contributed by atoms with E-state index in [-0.39, 0.29) is 0 Å². The third kappa shape index (κ3) is 2.10. The van der Waals surface area contributed by atoms with E-state index in [0.717, 1.165) is 19.6 Å². The maximum Gasteiger partial charge on any atom is 0.221 e. The molecule has 0 bridgehead atoms. The Hall–Kier alpha value is -0.970. The Bertz CT molecular complexity index is 162. The average Bonchev–Trinajstić information content (AvgIpc) is 2.41. The van der Waals surface area contributed by atoms with Crippen molar-refractivity contribution in [2.24, 2.45) is 0 Å². The fourth-order valence-electron chi connectivity index (χ4n) is 0.613. The van der Waals surface area contributed by atoms with E-state index in [0.29, 0.717) is 0 Å². The van der Waals surface area contributed by atoms with Crippen molar-refractivity contribution in [1.29, 1.82) is 0 Å². The van der Waals surface area contributed by atoms with Crippen molar-refractivity contribution in [3.8, 4) is 0 Å². The van der Waals surface area contributed by atoms with Crippen LogP contribution in [0.1, 0.15) is 6.42 Å². The van der Waals surface area contributed by atoms with Crippen LogP contribution in [-0.4, -0.2) is 33.9 Å². The Labute approximate surface area is 59.0 Å². The summed E-state index contributed by atoms with van der Waals surface area (Å²) in [6.45, 7) is 1.49. The second kappa shape index (κ2) is 3.94. The van der Waals surface area contributed by atoms with Gasteiger partial charge in [0.2, 0.25) is 6.33 Å². The second-order valence-corrected chi connectivity index (χ2v) is 1.85. The second-order valence-electron chi connectivity index (χ2n) is 1.85. The van der Waals surface area contributed by atoms with Gasteiger partial charge in [-0.15, -0.1) is 5.10 Å². The van der Waals surface area contributed by atoms with Gasteiger partial charge in [0.1, 0.15) is 0 Å². The largest absolute Gasteiger partial charge is 0.385 e. The van der Waals surface area contributed by atoms with Gasteiger partial charge in [-0.3, -0.25) is 0 Å². The lowest BCUT2D eigenvalue weighted by atomic mass is 10.5. The Balaban J connectivity index is 2.15. The third-order valence-electron chi connectivity index (χ3n) is 1.07. The van der Waals surface area contributed by atoms with E-state index in [4.69, 9.17) is 4.74 Å². The van der Waals surface area contributed by atoms with Gasteiger partial charge in [0.05, 0.1) is 0 Å². The van der Waals surface area contributed by atoms with Crippen LogP contribution in [0.15, 0.2) is 0 Å². The lowest BCUT2D eigenvalue weighted by Gasteiger charge is -1.95. The molecular weight excluding hydrogens is 132 g/mol. The van der Waals surface area contributed by atoms with E-state index < -0.39 is 0 Å². The first-order valence-electron chi connectivity index (χ1n) is 3.06. The number of aromatic nitrogens is 4. The molecule has 0 aliphatic carbocycles. The summed E-state index contributed by atoms with van der Waals surface area (Å²) in [5.41, 5.74) is 0. The minimum absolute atomic E-state index is 0.730. The first-order valence-corrected chi connectivity index (χ1v) is 3.06. The highest BCUT2D eigenvalue weighted by atomic mass is 16.5. The van der Waals surface area contributed by atoms with Gasteiger partial charge in [0, 0.05) is 20.3 Å². The molecule has 1 aromatic rings. The molecule has 10 heavy (non-hydrogen) atoms. The monoisotopic (exact) mass is 141 g/mol. The van der Waals surface area contributed by atoms with Crippen LogP contribution >= 0.6 is 0 Å². The molecule has 0 aliphatic heterocycles. The number of hydrogen-bond acceptors (Lipinski definition) is 4. The number of hydrogen-bond donors (Lipinski definition) is 0. The van der Waals surface area contributed by atoms with E-state index in [2.05, 4.69) is 21.9 Å². The molecular formula is C5H9N4O. The highest BCUT2D eigenvalue weighted by Crippen LogP contribution is 1.84. The van der Waals surface area contributed by atoms with Crippen LogP contribution in [0.2, 0.25) is 0 Å². The normalized spacial score (nSPS) is 10.1. The Morgan fingerprint density at radius 2 is 2.50 bits per heavy atom. The summed E-state index contributed by atoms with van der Waals surface area (Å²) in [5.74, 6) is 0. The average molecular weight is 141 g/mol. The van der Waals surface area contributed by atoms with Crippen LogP contribution in [0, 0.1) is 6.33 Å². The van der Waals surface area contributed by atoms with Gasteiger partial charge in [0.15, 0.2) is 0 Å². The number of nitrogens with zero attached hydrogens (tertiary/aromatic N) is 4. The third-order valence-corrected chi connectivity index (χ3v) is 1.07. The first-order chi connectivity index (χ1) is 4.93. The zero-order valence-corrected chi connectivity index (χ0v) is 5.82. The molecule has 0 spiro atoms. The predicted molar refractivity (Wildman–Crippen MR) is 33.1 cm³/mol. The molecule has 0 aliphatic rings. The fourth-order valence-corrected chi connectivity index (χ4v) is 0.613. The van der Waals surface area contributed by atoms with Crippen LogP contribution in [0.5, 0.6) is 0 Å². The van der Waals surface area contributed by atoms with Crippen molar-refractivity contribution in [2.45, 2.75) is 13.0 Å². The quantitative estimate of drug-likeness (QED) is 0.531. The number of ether oxygens (including phenoxy) is 1. The van der Waals surface area contributed by atoms with E-state index in [9.17, 15) is 0 Å². The maximum atomic E-state index is 4.84. The topological polar surface area (TPSA) is 52.8 Å². The minimum Gasteiger partial charge on any atom is -0.385 e. The molecule has 0 fully saturated rings. The molecule has 1 heterocycles. The van der Waals surface area contributed by atoms with Gasteiger partial charge in [-0.25, -0.2) is 4.68 Å². The van der Waals surface area contributed by atoms with Gasteiger partial charge in [-0.05, 0) is 16.8 Å². The summed E-state index contributed by atoms with van der Waals surface area (Å²) >= 11 is 0. The molecule has 0 unspecified atom stereocenters. The van der Waals surface area contributed by atoms with E-state index in [1.165, 1.54) is 0 Å². The highest BCUT2D eigenvalue weighted by molar-refractivity contribution is 4.43. The number of aryl methyl sites for hydroxylation is 1. The Morgan fingerprint density at radius 3 is 3.10 bits per heavy atom. The first kappa shape index (κ1) is 7.14. The van der Waals surface area contributed by atoms with Crippen LogP contribution in [0.25, 0.3) is 0 Å². The highest BCUT2D eigenvalue weighted by Gasteiger charge is 1.91. The Kier molecular flexibility index (Phi) is 2.82. The van der Waals surface area contributed by atoms with Gasteiger partial charge in [0.25, 0.3) is 0 Å². The SMILES string of the molecule is COCCCn1[c]nnn1. The van der Waals surface area contributed by atoms with Crippen molar-refractivity contribution < 1.29 is 4.74 Å². The minimum atomic E-state index is 0.730. The van der Waals surface area contributed by atoms with E-state index >= 15 is 0 Å². The van der Waals surface area contributed by atoms with Crippen molar-refractivity contribution in [1.82, 2.24) is 20.2 Å². The molecule has 0 saturated carbocycles. The fraction of sp³-hybridized carbons (Fsp3) is 0.800. The summed E-state index contributed by atoms with van der Waals surface area (Å²) < 4.78 is 6.40. The smallest absolute Gasteiger partial charge is 0.221 e. The van der Waals surface area contributed by atoms with Crippen LogP contribution in [0.4, 0.5) is 0 Å². The molecule has 0 atom stereocenters. The molecule has 0 saturated heterocycles. The molecule has 1 rings (SSSR count). The summed E-state index contributed by atoms with van der Waals surface area (Å²) in [4.78, 5) is 0. The summed E-state index contributed by atoms with van der Waals surface area (Å²) in [5, 5.41) is 10.4. The van der Waals surface area contributed by atoms with Crippen LogP contribution < -0.4 is 0 Å². The molecule has 1 radical (unpaired) electrons. The maximum absolute atomic E-state index is 4.84. The number of tetrazole rings is 1. The van der Waals surface area contributed by atoms with Crippen molar-refractivity contribution in [2.75, 3.05) is 13.7 Å². The summed E-state index contributed by atoms with van der Waals surface area (Å²) in [7, 11) is 1.67. The molecule has 5 nitrogen and oxygen atoms in total. The predicted octanol–water partition coefficient (Wildman–Crippen LogP) is -0.490. The van der Waals surface area contributed by atoms with Crippen molar-refractivity contribution in [3.63, 3.8) is 0 Å². The van der Waals surface area contributed by atoms with E-state index in [1.807, 2.05) is 0 Å². The number of methoxy groups -OCH3 is 1. The molecule has 55 valence electrons. The van der Waals surface area contributed by atoms with E-state index in [1.54, 1.807) is 11.8 Å². The van der Waals surface area contributed by atoms with Gasteiger partial charge >= 0.3 is 0 Å². The van der Waals surface area contributed by atoms with Crippen LogP contribution in [-0.2, 0) is 11.3 Å². The lowest BCUT2D eigenvalue weighted by molar-refractivity contribution is 0.188. The molecule has 5 heteroatoms. The van der Waals surface area contributed by atoms with Crippen LogP contribution in [0.3, 0.4) is 0 Å². The molecule has 0 amide bonds. The molecule has 1 aromatic heterocycles. The number of rotatable bonds is 4. The van der Waals surface area contributed by atoms with Gasteiger partial charge < -0.3 is 4.74 Å². The zero-order chi connectivity index (χ0) is 7.23. The van der Waals surface area contributed by atoms with Gasteiger partial charge in [-0.2, -0.15) is 0 Å². The Morgan fingerprint density at radius 1 is 1.60 bits per heavy atom. The van der Waals surface area contributed by atoms with Gasteiger partial charge in [-0.1, -0.05) is 0 Å². The standard InChI is InChI=1S/C5H9N4O/c1-10-4-2-3-9-5-6-7-8-9/h2-4H2,1H3. The van der Waals surface area contributed by atoms with Crippen molar-refractivity contribution in [3.05, 3.63) is 6.33 Å². The summed E-state index contributed by atoms with van der Waals surface area (Å²) in [6.07, 6.45) is 3.50. The van der Waals surface area contributed by atoms with Crippen molar-refractivity contribution >= 4 is 0 Å². The lowest BCUT2D eigenvalue weighted by Crippen LogP contribution is -2.02. The summed E-state index contributed by atoms with van der Waals surface area (Å²) in [6, 6.07) is 0. The molecule has 0 N–H and O–H groups in total. The zero-order valence-electron chi connectivity index (χ0n) is 5.82. The molecule has 0 aromatic carbocycles.